The molecule has 0 saturated carbocycles. The van der Waals surface area contributed by atoms with Crippen LogP contribution in [-0.2, 0) is 4.79 Å². The minimum absolute atomic E-state index is 0.00467. The summed E-state index contributed by atoms with van der Waals surface area (Å²) in [5, 5.41) is 13.0. The van der Waals surface area contributed by atoms with Gasteiger partial charge in [-0.05, 0) is 54.3 Å². The highest BCUT2D eigenvalue weighted by Crippen LogP contribution is 2.44. The van der Waals surface area contributed by atoms with Gasteiger partial charge in [0.15, 0.2) is 17.3 Å². The normalized spacial score (nSPS) is 15.9. The molecule has 1 aliphatic heterocycles. The van der Waals surface area contributed by atoms with Crippen LogP contribution >= 0.6 is 22.9 Å². The van der Waals surface area contributed by atoms with Crippen molar-refractivity contribution in [3.63, 3.8) is 0 Å². The minimum Gasteiger partial charge on any atom is -0.503 e. The van der Waals surface area contributed by atoms with Crippen LogP contribution in [0, 0.1) is 0 Å². The highest BCUT2D eigenvalue weighted by Gasteiger charge is 2.45. The van der Waals surface area contributed by atoms with Crippen LogP contribution in [0.2, 0.25) is 5.02 Å². The number of carbonyl (C=O) groups is 2. The molecular formula is C24H20ClNO5S. The van der Waals surface area contributed by atoms with Crippen LogP contribution in [0.3, 0.4) is 0 Å². The monoisotopic (exact) mass is 469 g/mol. The van der Waals surface area contributed by atoms with E-state index in [9.17, 15) is 14.7 Å². The number of hydrogen-bond acceptors (Lipinski definition) is 6. The smallest absolute Gasteiger partial charge is 0.294 e. The molecule has 0 aliphatic carbocycles. The minimum atomic E-state index is -0.874. The number of amides is 1. The first-order chi connectivity index (χ1) is 15.5. The Morgan fingerprint density at radius 3 is 2.62 bits per heavy atom. The Labute approximate surface area is 194 Å². The van der Waals surface area contributed by atoms with Crippen LogP contribution in [0.15, 0.2) is 71.3 Å². The number of aliphatic hydroxyl groups excluding tert-OH is 1. The van der Waals surface area contributed by atoms with Gasteiger partial charge in [-0.3, -0.25) is 14.5 Å². The van der Waals surface area contributed by atoms with E-state index in [-0.39, 0.29) is 5.57 Å². The van der Waals surface area contributed by atoms with Crippen molar-refractivity contribution in [2.45, 2.75) is 13.0 Å². The van der Waals surface area contributed by atoms with E-state index in [2.05, 4.69) is 0 Å². The number of thiophene rings is 1. The average molecular weight is 470 g/mol. The van der Waals surface area contributed by atoms with Gasteiger partial charge in [0.1, 0.15) is 0 Å². The maximum absolute atomic E-state index is 13.4. The molecule has 4 rings (SSSR count). The fourth-order valence-corrected chi connectivity index (χ4v) is 4.58. The molecule has 1 aliphatic rings. The van der Waals surface area contributed by atoms with E-state index in [0.29, 0.717) is 39.3 Å². The Morgan fingerprint density at radius 2 is 1.97 bits per heavy atom. The van der Waals surface area contributed by atoms with Crippen LogP contribution < -0.4 is 14.4 Å². The van der Waals surface area contributed by atoms with E-state index in [1.54, 1.807) is 60.0 Å². The van der Waals surface area contributed by atoms with Crippen molar-refractivity contribution in [3.8, 4) is 11.5 Å². The van der Waals surface area contributed by atoms with Gasteiger partial charge < -0.3 is 14.6 Å². The summed E-state index contributed by atoms with van der Waals surface area (Å²) < 4.78 is 11.1. The highest BCUT2D eigenvalue weighted by molar-refractivity contribution is 7.12. The summed E-state index contributed by atoms with van der Waals surface area (Å²) in [5.74, 6) is -0.670. The number of halogens is 1. The molecule has 0 bridgehead atoms. The van der Waals surface area contributed by atoms with E-state index in [1.165, 1.54) is 23.3 Å². The maximum Gasteiger partial charge on any atom is 0.294 e. The topological polar surface area (TPSA) is 76.1 Å². The predicted molar refractivity (Wildman–Crippen MR) is 124 cm³/mol. The van der Waals surface area contributed by atoms with Crippen molar-refractivity contribution < 1.29 is 24.2 Å². The van der Waals surface area contributed by atoms with Crippen LogP contribution in [0.4, 0.5) is 5.69 Å². The molecule has 2 aromatic carbocycles. The lowest BCUT2D eigenvalue weighted by Gasteiger charge is -2.27. The number of rotatable bonds is 7. The van der Waals surface area contributed by atoms with Crippen LogP contribution in [-0.4, -0.2) is 30.5 Å². The predicted octanol–water partition coefficient (Wildman–Crippen LogP) is 5.59. The van der Waals surface area contributed by atoms with Crippen molar-refractivity contribution in [3.05, 3.63) is 86.8 Å². The fourth-order valence-electron chi connectivity index (χ4n) is 3.72. The zero-order valence-electron chi connectivity index (χ0n) is 17.4. The van der Waals surface area contributed by atoms with Gasteiger partial charge in [0.05, 0.1) is 30.2 Å². The highest BCUT2D eigenvalue weighted by atomic mass is 35.5. The second kappa shape index (κ2) is 9.06. The lowest BCUT2D eigenvalue weighted by Crippen LogP contribution is -2.31. The summed E-state index contributed by atoms with van der Waals surface area (Å²) in [7, 11) is 1.53. The number of ether oxygens (including phenoxy) is 2. The molecule has 1 unspecified atom stereocenters. The number of methoxy groups -OCH3 is 1. The summed E-state index contributed by atoms with van der Waals surface area (Å²) in [6.45, 7) is 2.25. The van der Waals surface area contributed by atoms with E-state index in [0.717, 1.165) is 0 Å². The van der Waals surface area contributed by atoms with Crippen molar-refractivity contribution >= 4 is 40.3 Å². The largest absolute Gasteiger partial charge is 0.503 e. The van der Waals surface area contributed by atoms with Gasteiger partial charge in [-0.1, -0.05) is 29.8 Å². The number of carbonyl (C=O) groups excluding carboxylic acids is 2. The third-order valence-corrected chi connectivity index (χ3v) is 6.19. The van der Waals surface area contributed by atoms with Crippen LogP contribution in [0.1, 0.15) is 28.2 Å². The molecule has 3 aromatic rings. The van der Waals surface area contributed by atoms with E-state index in [1.807, 2.05) is 6.92 Å². The molecule has 1 N–H and O–H groups in total. The standard InChI is InChI=1S/C24H20ClNO5S/c1-3-31-18-12-14(9-10-17(18)30-2)21-20(22(27)19-8-5-11-32-19)23(28)24(29)26(21)16-7-4-6-15(25)13-16/h4-13,21,28H,3H2,1-2H3. The Morgan fingerprint density at radius 1 is 1.16 bits per heavy atom. The first-order valence-corrected chi connectivity index (χ1v) is 11.1. The van der Waals surface area contributed by atoms with Gasteiger partial charge in [-0.25, -0.2) is 0 Å². The molecule has 1 aromatic heterocycles. The lowest BCUT2D eigenvalue weighted by molar-refractivity contribution is -0.117. The SMILES string of the molecule is CCOc1cc(C2C(C(=O)c3cccs3)=C(O)C(=O)N2c2cccc(Cl)c2)ccc1OC. The first-order valence-electron chi connectivity index (χ1n) is 9.87. The number of anilines is 1. The Kier molecular flexibility index (Phi) is 6.21. The summed E-state index contributed by atoms with van der Waals surface area (Å²) in [6, 6.07) is 14.4. The molecule has 164 valence electrons. The molecule has 1 atom stereocenters. The van der Waals surface area contributed by atoms with Gasteiger partial charge in [-0.15, -0.1) is 11.3 Å². The van der Waals surface area contributed by atoms with Crippen molar-refractivity contribution in [2.75, 3.05) is 18.6 Å². The molecule has 0 fully saturated rings. The molecule has 1 amide bonds. The third-order valence-electron chi connectivity index (χ3n) is 5.09. The number of nitrogens with zero attached hydrogens (tertiary/aromatic N) is 1. The molecule has 2 heterocycles. The molecular weight excluding hydrogens is 450 g/mol. The van der Waals surface area contributed by atoms with Gasteiger partial charge in [0.2, 0.25) is 5.78 Å². The van der Waals surface area contributed by atoms with E-state index >= 15 is 0 Å². The van der Waals surface area contributed by atoms with Gasteiger partial charge in [0, 0.05) is 10.7 Å². The summed E-state index contributed by atoms with van der Waals surface area (Å²) in [4.78, 5) is 28.3. The quantitative estimate of drug-likeness (QED) is 0.456. The molecule has 6 nitrogen and oxygen atoms in total. The number of benzene rings is 2. The van der Waals surface area contributed by atoms with Gasteiger partial charge >= 0.3 is 0 Å². The molecule has 0 saturated heterocycles. The zero-order valence-corrected chi connectivity index (χ0v) is 18.9. The van der Waals surface area contributed by atoms with Crippen LogP contribution in [0.25, 0.3) is 0 Å². The molecule has 0 radical (unpaired) electrons. The van der Waals surface area contributed by atoms with Crippen molar-refractivity contribution in [1.29, 1.82) is 0 Å². The van der Waals surface area contributed by atoms with Gasteiger partial charge in [0.25, 0.3) is 5.91 Å². The summed E-state index contributed by atoms with van der Waals surface area (Å²) in [6.07, 6.45) is 0. The van der Waals surface area contributed by atoms with E-state index in [4.69, 9.17) is 21.1 Å². The number of aliphatic hydroxyl groups is 1. The van der Waals surface area contributed by atoms with Crippen molar-refractivity contribution in [2.24, 2.45) is 0 Å². The fraction of sp³-hybridized carbons (Fsp3) is 0.167. The second-order valence-electron chi connectivity index (χ2n) is 6.97. The summed E-state index contributed by atoms with van der Waals surface area (Å²) in [5.41, 5.74) is 1.05. The zero-order chi connectivity index (χ0) is 22.8. The van der Waals surface area contributed by atoms with E-state index < -0.39 is 23.5 Å². The molecule has 0 spiro atoms. The molecule has 8 heteroatoms. The second-order valence-corrected chi connectivity index (χ2v) is 8.35. The summed E-state index contributed by atoms with van der Waals surface area (Å²) >= 11 is 7.42. The Bertz CT molecular complexity index is 1200. The number of Topliss-reactive ketones (excluding diaryl/α,β-unsaturated/α-hetero) is 1. The Balaban J connectivity index is 1.90. The van der Waals surface area contributed by atoms with Crippen molar-refractivity contribution in [1.82, 2.24) is 0 Å². The first kappa shape index (κ1) is 21.9. The average Bonchev–Trinajstić information content (AvgIpc) is 3.41. The Hall–Kier alpha value is -3.29. The maximum atomic E-state index is 13.4. The number of ketones is 1. The number of hydrogen-bond donors (Lipinski definition) is 1. The van der Waals surface area contributed by atoms with Gasteiger partial charge in [-0.2, -0.15) is 0 Å². The molecule has 32 heavy (non-hydrogen) atoms. The third kappa shape index (κ3) is 3.85. The lowest BCUT2D eigenvalue weighted by atomic mass is 9.94. The van der Waals surface area contributed by atoms with Crippen LogP contribution in [0.5, 0.6) is 11.5 Å².